The van der Waals surface area contributed by atoms with Gasteiger partial charge in [-0.3, -0.25) is 9.59 Å². The summed E-state index contributed by atoms with van der Waals surface area (Å²) < 4.78 is 0. The SMILES string of the molecule is CC(=O)NC1CCCN(C(=O)C2CCCCC2N)C1. The van der Waals surface area contributed by atoms with Crippen LogP contribution in [-0.4, -0.2) is 41.9 Å². The van der Waals surface area contributed by atoms with E-state index in [9.17, 15) is 9.59 Å². The van der Waals surface area contributed by atoms with E-state index in [4.69, 9.17) is 5.73 Å². The molecule has 0 bridgehead atoms. The van der Waals surface area contributed by atoms with Gasteiger partial charge in [-0.25, -0.2) is 0 Å². The van der Waals surface area contributed by atoms with E-state index in [0.29, 0.717) is 6.54 Å². The molecule has 1 heterocycles. The number of hydrogen-bond donors (Lipinski definition) is 2. The predicted molar refractivity (Wildman–Crippen MR) is 73.4 cm³/mol. The molecule has 5 nitrogen and oxygen atoms in total. The molecule has 108 valence electrons. The zero-order valence-corrected chi connectivity index (χ0v) is 11.7. The first-order valence-electron chi connectivity index (χ1n) is 7.39. The summed E-state index contributed by atoms with van der Waals surface area (Å²) in [4.78, 5) is 25.5. The van der Waals surface area contributed by atoms with E-state index in [1.54, 1.807) is 0 Å². The molecule has 5 heteroatoms. The highest BCUT2D eigenvalue weighted by atomic mass is 16.2. The number of rotatable bonds is 2. The molecular formula is C14H25N3O2. The van der Waals surface area contributed by atoms with Crippen LogP contribution in [0.1, 0.15) is 45.4 Å². The lowest BCUT2D eigenvalue weighted by Gasteiger charge is -2.37. The Bertz CT molecular complexity index is 346. The highest BCUT2D eigenvalue weighted by Crippen LogP contribution is 2.26. The van der Waals surface area contributed by atoms with E-state index in [0.717, 1.165) is 45.1 Å². The third kappa shape index (κ3) is 3.69. The number of hydrogen-bond acceptors (Lipinski definition) is 3. The fourth-order valence-corrected chi connectivity index (χ4v) is 3.28. The van der Waals surface area contributed by atoms with E-state index in [1.165, 1.54) is 6.92 Å². The van der Waals surface area contributed by atoms with Crippen molar-refractivity contribution in [2.24, 2.45) is 11.7 Å². The van der Waals surface area contributed by atoms with Crippen molar-refractivity contribution >= 4 is 11.8 Å². The number of nitrogens with one attached hydrogen (secondary N) is 1. The van der Waals surface area contributed by atoms with Gasteiger partial charge in [-0.2, -0.15) is 0 Å². The fourth-order valence-electron chi connectivity index (χ4n) is 3.28. The van der Waals surface area contributed by atoms with Gasteiger partial charge in [-0.05, 0) is 25.7 Å². The van der Waals surface area contributed by atoms with E-state index in [1.807, 2.05) is 4.90 Å². The van der Waals surface area contributed by atoms with Crippen molar-refractivity contribution in [2.75, 3.05) is 13.1 Å². The summed E-state index contributed by atoms with van der Waals surface area (Å²) in [6.07, 6.45) is 6.03. The number of nitrogens with zero attached hydrogens (tertiary/aromatic N) is 1. The third-order valence-electron chi connectivity index (χ3n) is 4.28. The van der Waals surface area contributed by atoms with Crippen molar-refractivity contribution < 1.29 is 9.59 Å². The van der Waals surface area contributed by atoms with Crippen LogP contribution in [0.2, 0.25) is 0 Å². The number of carbonyl (C=O) groups is 2. The number of piperidine rings is 1. The maximum atomic E-state index is 12.5. The number of carbonyl (C=O) groups excluding carboxylic acids is 2. The zero-order chi connectivity index (χ0) is 13.8. The van der Waals surface area contributed by atoms with Crippen LogP contribution in [0.25, 0.3) is 0 Å². The summed E-state index contributed by atoms with van der Waals surface area (Å²) in [7, 11) is 0. The van der Waals surface area contributed by atoms with Gasteiger partial charge < -0.3 is 16.0 Å². The van der Waals surface area contributed by atoms with Crippen LogP contribution in [0.3, 0.4) is 0 Å². The molecule has 0 aromatic carbocycles. The minimum atomic E-state index is -0.0198. The van der Waals surface area contributed by atoms with E-state index in [2.05, 4.69) is 5.32 Å². The Kier molecular flexibility index (Phi) is 4.80. The molecular weight excluding hydrogens is 242 g/mol. The highest BCUT2D eigenvalue weighted by molar-refractivity contribution is 5.80. The van der Waals surface area contributed by atoms with Crippen LogP contribution in [0.15, 0.2) is 0 Å². The number of nitrogens with two attached hydrogens (primary N) is 1. The second-order valence-electron chi connectivity index (χ2n) is 5.88. The first kappa shape index (κ1) is 14.3. The fraction of sp³-hybridized carbons (Fsp3) is 0.857. The summed E-state index contributed by atoms with van der Waals surface area (Å²) in [6, 6.07) is 0.123. The molecule has 19 heavy (non-hydrogen) atoms. The van der Waals surface area contributed by atoms with Gasteiger partial charge in [-0.15, -0.1) is 0 Å². The summed E-state index contributed by atoms with van der Waals surface area (Å²) in [6.45, 7) is 2.97. The Labute approximate surface area is 114 Å². The average Bonchev–Trinajstić information content (AvgIpc) is 2.38. The van der Waals surface area contributed by atoms with Gasteiger partial charge >= 0.3 is 0 Å². The Hall–Kier alpha value is -1.10. The van der Waals surface area contributed by atoms with Gasteiger partial charge in [0.05, 0.1) is 5.92 Å². The van der Waals surface area contributed by atoms with Crippen molar-refractivity contribution in [1.82, 2.24) is 10.2 Å². The minimum absolute atomic E-state index is 0.00942. The van der Waals surface area contributed by atoms with Crippen molar-refractivity contribution in [1.29, 1.82) is 0 Å². The maximum absolute atomic E-state index is 12.5. The maximum Gasteiger partial charge on any atom is 0.227 e. The zero-order valence-electron chi connectivity index (χ0n) is 11.7. The average molecular weight is 267 g/mol. The molecule has 2 amide bonds. The number of amides is 2. The first-order valence-corrected chi connectivity index (χ1v) is 7.39. The van der Waals surface area contributed by atoms with Gasteiger partial charge in [-0.1, -0.05) is 12.8 Å². The van der Waals surface area contributed by atoms with Crippen molar-refractivity contribution in [3.8, 4) is 0 Å². The van der Waals surface area contributed by atoms with Crippen molar-refractivity contribution in [3.63, 3.8) is 0 Å². The van der Waals surface area contributed by atoms with E-state index >= 15 is 0 Å². The Morgan fingerprint density at radius 2 is 1.89 bits per heavy atom. The smallest absolute Gasteiger partial charge is 0.227 e. The van der Waals surface area contributed by atoms with E-state index < -0.39 is 0 Å². The molecule has 3 atom stereocenters. The Morgan fingerprint density at radius 1 is 1.16 bits per heavy atom. The standard InChI is InChI=1S/C14H25N3O2/c1-10(18)16-11-5-4-8-17(9-11)14(19)12-6-2-3-7-13(12)15/h11-13H,2-9,15H2,1H3,(H,16,18). The number of likely N-dealkylation sites (tertiary alicyclic amines) is 1. The lowest BCUT2D eigenvalue weighted by Crippen LogP contribution is -2.53. The highest BCUT2D eigenvalue weighted by Gasteiger charge is 2.33. The van der Waals surface area contributed by atoms with Crippen molar-refractivity contribution in [3.05, 3.63) is 0 Å². The molecule has 2 fully saturated rings. The third-order valence-corrected chi connectivity index (χ3v) is 4.28. The molecule has 1 saturated heterocycles. The molecule has 0 aromatic heterocycles. The summed E-state index contributed by atoms with van der Waals surface area (Å²) in [5.74, 6) is 0.167. The predicted octanol–water partition coefficient (Wildman–Crippen LogP) is 0.631. The molecule has 1 saturated carbocycles. The lowest BCUT2D eigenvalue weighted by molar-refractivity contribution is -0.139. The monoisotopic (exact) mass is 267 g/mol. The second-order valence-corrected chi connectivity index (χ2v) is 5.88. The summed E-state index contributed by atoms with van der Waals surface area (Å²) in [5.41, 5.74) is 6.08. The van der Waals surface area contributed by atoms with Crippen molar-refractivity contribution in [2.45, 2.75) is 57.5 Å². The van der Waals surface area contributed by atoms with E-state index in [-0.39, 0.29) is 29.8 Å². The molecule has 1 aliphatic carbocycles. The Morgan fingerprint density at radius 3 is 2.58 bits per heavy atom. The van der Waals surface area contributed by atoms with Crippen LogP contribution in [0.4, 0.5) is 0 Å². The van der Waals surface area contributed by atoms with Crippen LogP contribution in [0.5, 0.6) is 0 Å². The molecule has 0 spiro atoms. The molecule has 2 rings (SSSR count). The quantitative estimate of drug-likeness (QED) is 0.770. The summed E-state index contributed by atoms with van der Waals surface area (Å²) in [5, 5.41) is 2.92. The van der Waals surface area contributed by atoms with Crippen LogP contribution >= 0.6 is 0 Å². The molecule has 0 aromatic rings. The molecule has 3 unspecified atom stereocenters. The molecule has 1 aliphatic heterocycles. The van der Waals surface area contributed by atoms with Gasteiger partial charge in [0, 0.05) is 32.1 Å². The normalized spacial score (nSPS) is 31.9. The van der Waals surface area contributed by atoms with Crippen LogP contribution in [-0.2, 0) is 9.59 Å². The second kappa shape index (κ2) is 6.37. The first-order chi connectivity index (χ1) is 9.08. The molecule has 2 aliphatic rings. The van der Waals surface area contributed by atoms with Gasteiger partial charge in [0.15, 0.2) is 0 Å². The molecule has 0 radical (unpaired) electrons. The molecule has 3 N–H and O–H groups in total. The van der Waals surface area contributed by atoms with Crippen LogP contribution in [0, 0.1) is 5.92 Å². The Balaban J connectivity index is 1.92. The minimum Gasteiger partial charge on any atom is -0.352 e. The lowest BCUT2D eigenvalue weighted by atomic mass is 9.83. The van der Waals surface area contributed by atoms with Gasteiger partial charge in [0.2, 0.25) is 11.8 Å². The van der Waals surface area contributed by atoms with Crippen LogP contribution < -0.4 is 11.1 Å². The topological polar surface area (TPSA) is 75.4 Å². The summed E-state index contributed by atoms with van der Waals surface area (Å²) >= 11 is 0. The van der Waals surface area contributed by atoms with Gasteiger partial charge in [0.25, 0.3) is 0 Å². The van der Waals surface area contributed by atoms with Gasteiger partial charge in [0.1, 0.15) is 0 Å². The largest absolute Gasteiger partial charge is 0.352 e.